The number of carboxylic acid groups (broad SMARTS) is 1. The smallest absolute Gasteiger partial charge is 0.343 e. The van der Waals surface area contributed by atoms with Gasteiger partial charge in [-0.3, -0.25) is 52.8 Å². The van der Waals surface area contributed by atoms with Gasteiger partial charge in [0.25, 0.3) is 17.4 Å². The number of esters is 1. The number of ether oxygens (including phenoxy) is 2. The average molecular weight is 1110 g/mol. The van der Waals surface area contributed by atoms with Crippen molar-refractivity contribution in [2.45, 2.75) is 95.4 Å². The van der Waals surface area contributed by atoms with E-state index in [2.05, 4.69) is 37.2 Å². The molecule has 0 bridgehead atoms. The largest absolute Gasteiger partial charge is 0.480 e. The van der Waals surface area contributed by atoms with Crippen LogP contribution in [0.2, 0.25) is 0 Å². The summed E-state index contributed by atoms with van der Waals surface area (Å²) in [5.41, 5.74) is 1.73. The number of aliphatic hydroxyl groups is 1. The van der Waals surface area contributed by atoms with Crippen LogP contribution in [-0.2, 0) is 89.0 Å². The second-order valence-electron chi connectivity index (χ2n) is 20.0. The van der Waals surface area contributed by atoms with Gasteiger partial charge >= 0.3 is 11.9 Å². The third kappa shape index (κ3) is 11.5. The van der Waals surface area contributed by atoms with Crippen LogP contribution in [-0.4, -0.2) is 142 Å². The van der Waals surface area contributed by atoms with Crippen LogP contribution in [0.3, 0.4) is 0 Å². The number of cyclic esters (lactones) is 1. The van der Waals surface area contributed by atoms with Crippen molar-refractivity contribution in [1.82, 2.24) is 51.7 Å². The van der Waals surface area contributed by atoms with E-state index in [9.17, 15) is 57.8 Å². The quantitative estimate of drug-likeness (QED) is 0.0205. The lowest BCUT2D eigenvalue weighted by molar-refractivity contribution is -0.172. The van der Waals surface area contributed by atoms with Crippen molar-refractivity contribution in [3.05, 3.63) is 110 Å². The minimum atomic E-state index is -2.07. The van der Waals surface area contributed by atoms with Gasteiger partial charge in [-0.25, -0.2) is 14.2 Å². The van der Waals surface area contributed by atoms with E-state index in [0.29, 0.717) is 75.1 Å². The first-order chi connectivity index (χ1) is 38.3. The molecule has 0 saturated heterocycles. The molecule has 9 N–H and O–H groups in total. The highest BCUT2D eigenvalue weighted by Crippen LogP contribution is 2.46. The molecule has 9 rings (SSSR count). The number of aromatic nitrogens is 2. The fourth-order valence-corrected chi connectivity index (χ4v) is 10.5. The number of aliphatic carboxylic acids is 1. The van der Waals surface area contributed by atoms with E-state index in [1.54, 1.807) is 50.2 Å². The Morgan fingerprint density at radius 2 is 1.54 bits per heavy atom. The summed E-state index contributed by atoms with van der Waals surface area (Å²) in [4.78, 5) is 148. The SMILES string of the molecule is CC[C@@]1(O)C(=O)OCc2c1cc1n(c2=O)Cc2c-1nc1cc(F)c(C)c3c1c2[C@H](NC(=O)[C@@H](OCNC(=O)CNC(=O)[C@H](Cc1ccccc1)NC(=O)CNC(=O)CNC(=O)[C@H](CNCC(=O)O)N1C(=O)C=CC1=O)C1CC1)CC3. The van der Waals surface area contributed by atoms with Crippen molar-refractivity contribution < 1.29 is 72.0 Å². The van der Waals surface area contributed by atoms with Gasteiger partial charge in [0.05, 0.1) is 61.2 Å². The summed E-state index contributed by atoms with van der Waals surface area (Å²) in [6, 6.07) is 8.06. The van der Waals surface area contributed by atoms with Gasteiger partial charge in [-0.15, -0.1) is 0 Å². The number of halogens is 1. The first kappa shape index (κ1) is 56.0. The average Bonchev–Trinajstić information content (AvgIpc) is 4.33. The fraction of sp³-hybridized carbons (Fsp3) is 0.407. The van der Waals surface area contributed by atoms with Gasteiger partial charge in [0.1, 0.15) is 37.3 Å². The van der Waals surface area contributed by atoms with E-state index < -0.39 is 140 Å². The lowest BCUT2D eigenvalue weighted by atomic mass is 9.81. The number of fused-ring (bicyclic) bond motifs is 5. The van der Waals surface area contributed by atoms with Crippen molar-refractivity contribution in [3.8, 4) is 11.4 Å². The standard InChI is InChI=1S/C54H57FN10O15/c1-3-54(78)32-16-37-47-30(23-64(37)52(76)31(32)24-79-53(54)77)46-34(12-11-29-26(2)33(55)17-35(62-47)45(29)46)63-51(75)48(28-9-10-28)80-25-60-40(67)20-58-49(73)36(15-27-7-5-4-6-8-27)61-41(68)21-57-39(66)19-59-50(74)38(18-56-22-44(71)72)65-42(69)13-14-43(65)70/h4-8,13-14,16-17,28,34,36,38,48,56,78H,3,9-12,15,18-25H2,1-2H3,(H,57,66)(H,58,73)(H,59,74)(H,60,67)(H,61,68)(H,63,75)(H,71,72)/t34-,36+,38+,48+,54+/m1/s1. The number of rotatable bonds is 23. The highest BCUT2D eigenvalue weighted by molar-refractivity contribution is 6.15. The lowest BCUT2D eigenvalue weighted by Gasteiger charge is -2.31. The third-order valence-electron chi connectivity index (χ3n) is 14.8. The van der Waals surface area contributed by atoms with E-state index >= 15 is 4.39 Å². The van der Waals surface area contributed by atoms with Crippen molar-refractivity contribution in [1.29, 1.82) is 0 Å². The molecule has 420 valence electrons. The molecule has 2 aliphatic carbocycles. The van der Waals surface area contributed by atoms with Crippen LogP contribution in [0, 0.1) is 18.7 Å². The van der Waals surface area contributed by atoms with E-state index in [1.165, 1.54) is 10.6 Å². The molecule has 5 atom stereocenters. The molecule has 5 aliphatic rings. The van der Waals surface area contributed by atoms with Crippen LogP contribution in [0.4, 0.5) is 4.39 Å². The highest BCUT2D eigenvalue weighted by atomic mass is 19.1. The van der Waals surface area contributed by atoms with Gasteiger partial charge in [-0.05, 0) is 73.3 Å². The van der Waals surface area contributed by atoms with Gasteiger partial charge in [-0.2, -0.15) is 0 Å². The summed E-state index contributed by atoms with van der Waals surface area (Å²) >= 11 is 0. The zero-order valence-electron chi connectivity index (χ0n) is 43.4. The number of carbonyl (C=O) groups is 10. The molecule has 2 aromatic carbocycles. The molecule has 2 aromatic heterocycles. The Morgan fingerprint density at radius 1 is 0.850 bits per heavy atom. The molecule has 1 fully saturated rings. The van der Waals surface area contributed by atoms with Gasteiger partial charge < -0.3 is 61.5 Å². The number of carboxylic acids is 1. The summed E-state index contributed by atoms with van der Waals surface area (Å²) in [7, 11) is 0. The second-order valence-corrected chi connectivity index (χ2v) is 20.0. The van der Waals surface area contributed by atoms with Crippen LogP contribution < -0.4 is 42.8 Å². The third-order valence-corrected chi connectivity index (χ3v) is 14.8. The maximum absolute atomic E-state index is 15.5. The maximum atomic E-state index is 15.5. The van der Waals surface area contributed by atoms with E-state index in [4.69, 9.17) is 19.6 Å². The lowest BCUT2D eigenvalue weighted by Crippen LogP contribution is -2.56. The molecule has 8 amide bonds. The Labute approximate surface area is 454 Å². The number of imide groups is 1. The molecule has 0 spiro atoms. The van der Waals surface area contributed by atoms with Crippen LogP contribution in [0.15, 0.2) is 59.4 Å². The van der Waals surface area contributed by atoms with Crippen LogP contribution in [0.25, 0.3) is 22.3 Å². The zero-order valence-corrected chi connectivity index (χ0v) is 43.4. The van der Waals surface area contributed by atoms with Gasteiger partial charge in [0, 0.05) is 47.7 Å². The van der Waals surface area contributed by atoms with Crippen molar-refractivity contribution >= 4 is 70.1 Å². The maximum Gasteiger partial charge on any atom is 0.343 e. The van der Waals surface area contributed by atoms with Gasteiger partial charge in [0.2, 0.25) is 35.4 Å². The van der Waals surface area contributed by atoms with Crippen LogP contribution in [0.1, 0.15) is 77.6 Å². The number of hydrogen-bond donors (Lipinski definition) is 9. The number of amides is 8. The molecular weight excluding hydrogens is 1050 g/mol. The first-order valence-corrected chi connectivity index (χ1v) is 25.9. The molecule has 0 unspecified atom stereocenters. The number of nitrogens with one attached hydrogen (secondary N) is 7. The number of hydrogen-bond acceptors (Lipinski definition) is 16. The number of aryl methyl sites for hydroxylation is 1. The monoisotopic (exact) mass is 1100 g/mol. The predicted molar refractivity (Wildman–Crippen MR) is 275 cm³/mol. The molecule has 26 heteroatoms. The summed E-state index contributed by atoms with van der Waals surface area (Å²) in [6.45, 7) is -0.424. The minimum absolute atomic E-state index is 0.0312. The fourth-order valence-electron chi connectivity index (χ4n) is 10.5. The summed E-state index contributed by atoms with van der Waals surface area (Å²) in [6.07, 6.45) is 2.83. The first-order valence-electron chi connectivity index (χ1n) is 25.9. The van der Waals surface area contributed by atoms with E-state index in [1.807, 2.05) is 0 Å². The summed E-state index contributed by atoms with van der Waals surface area (Å²) in [5, 5.41) is 38.7. The Kier molecular flexibility index (Phi) is 16.3. The predicted octanol–water partition coefficient (Wildman–Crippen LogP) is -1.46. The van der Waals surface area contributed by atoms with Gasteiger partial charge in [0.15, 0.2) is 5.60 Å². The molecule has 4 aromatic rings. The Hall–Kier alpha value is -8.75. The molecule has 3 aliphatic heterocycles. The molecule has 5 heterocycles. The number of nitrogens with zero attached hydrogens (tertiary/aromatic N) is 3. The highest BCUT2D eigenvalue weighted by Gasteiger charge is 2.47. The number of benzene rings is 2. The minimum Gasteiger partial charge on any atom is -0.480 e. The molecule has 80 heavy (non-hydrogen) atoms. The van der Waals surface area contributed by atoms with E-state index in [-0.39, 0.29) is 43.0 Å². The number of carbonyl (C=O) groups excluding carboxylic acids is 9. The zero-order chi connectivity index (χ0) is 57.2. The topological polar surface area (TPSA) is 352 Å². The molecule has 25 nitrogen and oxygen atoms in total. The van der Waals surface area contributed by atoms with Crippen LogP contribution >= 0.6 is 0 Å². The normalized spacial score (nSPS) is 18.7. The Morgan fingerprint density at radius 3 is 2.23 bits per heavy atom. The second kappa shape index (κ2) is 23.3. The molecular formula is C54H57FN10O15. The van der Waals surface area contributed by atoms with E-state index in [0.717, 1.165) is 17.7 Å². The van der Waals surface area contributed by atoms with Gasteiger partial charge in [-0.1, -0.05) is 37.3 Å². The van der Waals surface area contributed by atoms with Crippen LogP contribution in [0.5, 0.6) is 0 Å². The van der Waals surface area contributed by atoms with Crippen molar-refractivity contribution in [2.24, 2.45) is 5.92 Å². The Bertz CT molecular complexity index is 3350. The van der Waals surface area contributed by atoms with Crippen molar-refractivity contribution in [2.75, 3.05) is 39.5 Å². The Balaban J connectivity index is 0.804. The summed E-state index contributed by atoms with van der Waals surface area (Å²) < 4.78 is 28.2. The summed E-state index contributed by atoms with van der Waals surface area (Å²) in [5.74, 6) is -9.04. The molecule has 0 radical (unpaired) electrons. The molecule has 1 saturated carbocycles. The number of pyridine rings is 2. The van der Waals surface area contributed by atoms with Crippen molar-refractivity contribution in [3.63, 3.8) is 0 Å².